The Morgan fingerprint density at radius 3 is 2.38 bits per heavy atom. The smallest absolute Gasteiger partial charge is 0.338 e. The zero-order chi connectivity index (χ0) is 23.3. The van der Waals surface area contributed by atoms with Crippen LogP contribution in [0.15, 0.2) is 53.4 Å². The van der Waals surface area contributed by atoms with E-state index in [-0.39, 0.29) is 35.5 Å². The molecule has 0 N–H and O–H groups in total. The Kier molecular flexibility index (Phi) is 7.65. The van der Waals surface area contributed by atoms with Gasteiger partial charge in [-0.15, -0.1) is 0 Å². The maximum atomic E-state index is 13.0. The summed E-state index contributed by atoms with van der Waals surface area (Å²) in [6.07, 6.45) is 0. The third-order valence-electron chi connectivity index (χ3n) is 5.16. The van der Waals surface area contributed by atoms with Gasteiger partial charge in [0.05, 0.1) is 23.7 Å². The predicted molar refractivity (Wildman–Crippen MR) is 120 cm³/mol. The van der Waals surface area contributed by atoms with E-state index in [1.165, 1.54) is 16.4 Å². The summed E-state index contributed by atoms with van der Waals surface area (Å²) in [7, 11) is -3.77. The van der Waals surface area contributed by atoms with Crippen molar-refractivity contribution in [2.75, 3.05) is 37.8 Å². The maximum Gasteiger partial charge on any atom is 0.338 e. The lowest BCUT2D eigenvalue weighted by molar-refractivity contribution is -0.122. The van der Waals surface area contributed by atoms with Gasteiger partial charge in [-0.3, -0.25) is 4.79 Å². The average Bonchev–Trinajstić information content (AvgIpc) is 2.79. The molecule has 2 aromatic carbocycles. The lowest BCUT2D eigenvalue weighted by Gasteiger charge is -2.27. The molecule has 0 saturated carbocycles. The molecule has 2 aromatic rings. The van der Waals surface area contributed by atoms with Crippen molar-refractivity contribution in [2.45, 2.75) is 31.7 Å². The van der Waals surface area contributed by atoms with Crippen molar-refractivity contribution in [3.05, 3.63) is 59.7 Å². The van der Waals surface area contributed by atoms with E-state index in [0.717, 1.165) is 0 Å². The molecule has 0 spiro atoms. The van der Waals surface area contributed by atoms with Crippen molar-refractivity contribution in [3.63, 3.8) is 0 Å². The van der Waals surface area contributed by atoms with Crippen LogP contribution < -0.4 is 4.90 Å². The van der Waals surface area contributed by atoms with Crippen molar-refractivity contribution in [1.29, 1.82) is 0 Å². The topological polar surface area (TPSA) is 93.2 Å². The van der Waals surface area contributed by atoms with Crippen LogP contribution in [0.5, 0.6) is 0 Å². The second kappa shape index (κ2) is 10.2. The molecule has 172 valence electrons. The van der Waals surface area contributed by atoms with E-state index in [9.17, 15) is 18.0 Å². The number of aryl methyl sites for hydroxylation is 1. The first-order chi connectivity index (χ1) is 15.2. The van der Waals surface area contributed by atoms with E-state index in [2.05, 4.69) is 0 Å². The van der Waals surface area contributed by atoms with Gasteiger partial charge < -0.3 is 14.4 Å². The summed E-state index contributed by atoms with van der Waals surface area (Å²) < 4.78 is 37.9. The average molecular weight is 461 g/mol. The second-order valence-corrected chi connectivity index (χ2v) is 9.67. The molecule has 8 nitrogen and oxygen atoms in total. The van der Waals surface area contributed by atoms with E-state index in [4.69, 9.17) is 9.47 Å². The molecule has 1 aliphatic rings. The van der Waals surface area contributed by atoms with E-state index in [0.29, 0.717) is 24.5 Å². The highest BCUT2D eigenvalue weighted by Crippen LogP contribution is 2.23. The summed E-state index contributed by atoms with van der Waals surface area (Å²) in [6, 6.07) is 13.4. The Balaban J connectivity index is 1.74. The molecule has 1 fully saturated rings. The van der Waals surface area contributed by atoms with Gasteiger partial charge in [0, 0.05) is 24.8 Å². The van der Waals surface area contributed by atoms with E-state index in [1.54, 1.807) is 17.9 Å². The summed E-state index contributed by atoms with van der Waals surface area (Å²) in [5.74, 6) is -1.12. The standard InChI is InChI=1S/C23H28N2O6S/c1-17(2)25(20-7-5-4-6-8-20)22(26)16-31-23(27)19-10-9-18(3)21(15-19)32(28,29)24-11-13-30-14-12-24/h4-10,15,17H,11-14,16H2,1-3H3. The van der Waals surface area contributed by atoms with Gasteiger partial charge in [-0.25, -0.2) is 13.2 Å². The first-order valence-corrected chi connectivity index (χ1v) is 11.9. The van der Waals surface area contributed by atoms with Crippen LogP contribution in [-0.2, 0) is 24.3 Å². The molecular formula is C23H28N2O6S. The Labute approximate surface area is 188 Å². The Bertz CT molecular complexity index is 1060. The Hall–Kier alpha value is -2.75. The molecule has 32 heavy (non-hydrogen) atoms. The number of ether oxygens (including phenoxy) is 2. The number of carbonyl (C=O) groups excluding carboxylic acids is 2. The number of nitrogens with zero attached hydrogens (tertiary/aromatic N) is 2. The number of esters is 1. The van der Waals surface area contributed by atoms with Crippen LogP contribution >= 0.6 is 0 Å². The molecule has 9 heteroatoms. The van der Waals surface area contributed by atoms with Gasteiger partial charge >= 0.3 is 5.97 Å². The van der Waals surface area contributed by atoms with E-state index >= 15 is 0 Å². The summed E-state index contributed by atoms with van der Waals surface area (Å²) in [5.41, 5.74) is 1.31. The fourth-order valence-electron chi connectivity index (χ4n) is 3.53. The zero-order valence-electron chi connectivity index (χ0n) is 18.5. The van der Waals surface area contributed by atoms with E-state index in [1.807, 2.05) is 44.2 Å². The van der Waals surface area contributed by atoms with Gasteiger partial charge in [0.2, 0.25) is 10.0 Å². The van der Waals surface area contributed by atoms with Crippen LogP contribution in [0.1, 0.15) is 29.8 Å². The first-order valence-electron chi connectivity index (χ1n) is 10.4. The lowest BCUT2D eigenvalue weighted by Crippen LogP contribution is -2.41. The SMILES string of the molecule is Cc1ccc(C(=O)OCC(=O)N(c2ccccc2)C(C)C)cc1S(=O)(=O)N1CCOCC1. The molecule has 3 rings (SSSR count). The van der Waals surface area contributed by atoms with Gasteiger partial charge in [-0.05, 0) is 50.6 Å². The van der Waals surface area contributed by atoms with Crippen LogP contribution in [0.25, 0.3) is 0 Å². The largest absolute Gasteiger partial charge is 0.452 e. The molecule has 1 heterocycles. The van der Waals surface area contributed by atoms with E-state index < -0.39 is 22.6 Å². The number of amides is 1. The van der Waals surface area contributed by atoms with Gasteiger partial charge in [0.1, 0.15) is 0 Å². The number of para-hydroxylation sites is 1. The summed E-state index contributed by atoms with van der Waals surface area (Å²) in [4.78, 5) is 27.0. The predicted octanol–water partition coefficient (Wildman–Crippen LogP) is 2.61. The van der Waals surface area contributed by atoms with Gasteiger partial charge in [0.15, 0.2) is 6.61 Å². The third kappa shape index (κ3) is 5.35. The number of rotatable bonds is 7. The number of anilines is 1. The molecule has 1 aliphatic heterocycles. The van der Waals surface area contributed by atoms with Crippen molar-refractivity contribution in [3.8, 4) is 0 Å². The molecule has 0 aromatic heterocycles. The number of benzene rings is 2. The fourth-order valence-corrected chi connectivity index (χ4v) is 5.19. The van der Waals surface area contributed by atoms with Crippen molar-refractivity contribution >= 4 is 27.6 Å². The van der Waals surface area contributed by atoms with Crippen LogP contribution in [0, 0.1) is 6.92 Å². The molecule has 0 bridgehead atoms. The summed E-state index contributed by atoms with van der Waals surface area (Å²) in [5, 5.41) is 0. The minimum absolute atomic E-state index is 0.0493. The summed E-state index contributed by atoms with van der Waals surface area (Å²) >= 11 is 0. The first kappa shape index (κ1) is 23.9. The highest BCUT2D eigenvalue weighted by molar-refractivity contribution is 7.89. The molecule has 0 unspecified atom stereocenters. The molecule has 0 radical (unpaired) electrons. The van der Waals surface area contributed by atoms with Crippen LogP contribution in [0.3, 0.4) is 0 Å². The van der Waals surface area contributed by atoms with Crippen molar-refractivity contribution in [2.24, 2.45) is 0 Å². The minimum Gasteiger partial charge on any atom is -0.452 e. The van der Waals surface area contributed by atoms with Crippen LogP contribution in [0.2, 0.25) is 0 Å². The highest BCUT2D eigenvalue weighted by Gasteiger charge is 2.29. The zero-order valence-corrected chi connectivity index (χ0v) is 19.3. The third-order valence-corrected chi connectivity index (χ3v) is 7.20. The molecule has 0 atom stereocenters. The van der Waals surface area contributed by atoms with Crippen LogP contribution in [-0.4, -0.2) is 63.6 Å². The number of morpholine rings is 1. The monoisotopic (exact) mass is 460 g/mol. The quantitative estimate of drug-likeness (QED) is 0.590. The molecular weight excluding hydrogens is 432 g/mol. The normalized spacial score (nSPS) is 14.9. The van der Waals surface area contributed by atoms with Gasteiger partial charge in [0.25, 0.3) is 5.91 Å². The van der Waals surface area contributed by atoms with Gasteiger partial charge in [-0.1, -0.05) is 24.3 Å². The highest BCUT2D eigenvalue weighted by atomic mass is 32.2. The molecule has 1 saturated heterocycles. The maximum absolute atomic E-state index is 13.0. The van der Waals surface area contributed by atoms with Gasteiger partial charge in [-0.2, -0.15) is 4.31 Å². The Morgan fingerprint density at radius 1 is 1.09 bits per heavy atom. The fraction of sp³-hybridized carbons (Fsp3) is 0.391. The number of hydrogen-bond acceptors (Lipinski definition) is 6. The van der Waals surface area contributed by atoms with Crippen molar-refractivity contribution < 1.29 is 27.5 Å². The lowest BCUT2D eigenvalue weighted by atomic mass is 10.1. The molecule has 1 amide bonds. The van der Waals surface area contributed by atoms with Crippen LogP contribution in [0.4, 0.5) is 5.69 Å². The Morgan fingerprint density at radius 2 is 1.75 bits per heavy atom. The number of sulfonamides is 1. The molecule has 0 aliphatic carbocycles. The van der Waals surface area contributed by atoms with Crippen molar-refractivity contribution in [1.82, 2.24) is 4.31 Å². The summed E-state index contributed by atoms with van der Waals surface area (Å²) in [6.45, 7) is 6.14. The number of carbonyl (C=O) groups is 2. The minimum atomic E-state index is -3.77. The number of hydrogen-bond donors (Lipinski definition) is 0. The second-order valence-electron chi connectivity index (χ2n) is 7.77.